The maximum atomic E-state index is 12.0. The van der Waals surface area contributed by atoms with Crippen molar-refractivity contribution in [1.29, 1.82) is 0 Å². The van der Waals surface area contributed by atoms with Gasteiger partial charge in [-0.25, -0.2) is 0 Å². The molecule has 236 valence electrons. The van der Waals surface area contributed by atoms with Gasteiger partial charge in [0.1, 0.15) is 0 Å². The Morgan fingerprint density at radius 1 is 0.619 bits per heavy atom. The number of aliphatic carboxylic acids is 2. The summed E-state index contributed by atoms with van der Waals surface area (Å²) >= 11 is 0. The lowest BCUT2D eigenvalue weighted by Gasteiger charge is -2.31. The smallest absolute Gasteiger partial charge is 0.478 e. The van der Waals surface area contributed by atoms with Crippen molar-refractivity contribution < 1.29 is 48.7 Å². The first-order valence-corrected chi connectivity index (χ1v) is 15.2. The van der Waals surface area contributed by atoms with Crippen LogP contribution in [-0.2, 0) is 28.5 Å². The molecule has 4 aliphatic rings. The molecule has 0 bridgehead atoms. The van der Waals surface area contributed by atoms with E-state index in [2.05, 4.69) is 21.3 Å². The maximum absolute atomic E-state index is 12.0. The number of hydrogen-bond donors (Lipinski definition) is 8. The molecule has 8 N–H and O–H groups in total. The van der Waals surface area contributed by atoms with Crippen LogP contribution in [0.5, 0.6) is 0 Å². The second-order valence-electron chi connectivity index (χ2n) is 11.7. The van der Waals surface area contributed by atoms with E-state index in [0.717, 1.165) is 51.6 Å². The minimum Gasteiger partial charge on any atom is -0.481 e. The van der Waals surface area contributed by atoms with Crippen molar-refractivity contribution in [3.8, 4) is 0 Å². The van der Waals surface area contributed by atoms with Crippen molar-refractivity contribution in [2.75, 3.05) is 13.1 Å². The molecular weight excluding hydrogens is 550 g/mol. The number of carboxylic acids is 2. The summed E-state index contributed by atoms with van der Waals surface area (Å²) in [4.78, 5) is 45.2. The summed E-state index contributed by atoms with van der Waals surface area (Å²) in [7, 11) is -2.27. The second kappa shape index (κ2) is 17.8. The molecule has 0 aromatic rings. The minimum atomic E-state index is -1.13. The van der Waals surface area contributed by atoms with Gasteiger partial charge >= 0.3 is 26.2 Å². The molecule has 6 atom stereocenters. The molecule has 0 aromatic carbocycles. The summed E-state index contributed by atoms with van der Waals surface area (Å²) in [6.07, 6.45) is 8.28. The van der Waals surface area contributed by atoms with E-state index in [4.69, 9.17) is 19.5 Å². The minimum absolute atomic E-state index is 0.0984. The molecular formula is C26H46B2N4O10. The van der Waals surface area contributed by atoms with Crippen molar-refractivity contribution in [2.45, 2.75) is 126 Å². The summed E-state index contributed by atoms with van der Waals surface area (Å²) in [5.41, 5.74) is 0. The normalized spacial score (nSPS) is 30.0. The third-order valence-electron chi connectivity index (χ3n) is 8.14. The Morgan fingerprint density at radius 2 is 1.02 bits per heavy atom. The number of rotatable bonds is 10. The fourth-order valence-corrected chi connectivity index (χ4v) is 5.89. The van der Waals surface area contributed by atoms with Crippen molar-refractivity contribution in [3.05, 3.63) is 0 Å². The van der Waals surface area contributed by atoms with Gasteiger partial charge in [-0.15, -0.1) is 0 Å². The van der Waals surface area contributed by atoms with Gasteiger partial charge in [0.25, 0.3) is 0 Å². The number of nitrogens with one attached hydrogen (secondary N) is 4. The van der Waals surface area contributed by atoms with Crippen LogP contribution in [0.1, 0.15) is 89.9 Å². The average molecular weight is 596 g/mol. The highest BCUT2D eigenvalue weighted by Gasteiger charge is 2.38. The van der Waals surface area contributed by atoms with Crippen molar-refractivity contribution in [2.24, 2.45) is 0 Å². The topological polar surface area (TPSA) is 216 Å². The van der Waals surface area contributed by atoms with Crippen LogP contribution in [0.4, 0.5) is 0 Å². The lowest BCUT2D eigenvalue weighted by Crippen LogP contribution is -2.53. The van der Waals surface area contributed by atoms with Crippen LogP contribution >= 0.6 is 0 Å². The first kappa shape index (κ1) is 34.3. The zero-order chi connectivity index (χ0) is 30.5. The van der Waals surface area contributed by atoms with Gasteiger partial charge in [-0.1, -0.05) is 12.8 Å². The van der Waals surface area contributed by atoms with E-state index in [1.807, 2.05) is 0 Å². The Hall–Kier alpha value is -2.23. The molecule has 0 radical (unpaired) electrons. The van der Waals surface area contributed by atoms with Gasteiger partial charge in [0.05, 0.1) is 36.9 Å². The number of carbonyl (C=O) groups excluding carboxylic acids is 2. The SMILES string of the molecule is O=C(O)C[C@@H]1CC[C@H](NC(=O)C[C@H]2CCCCN2)B(O)O1.O=C(O)C[C@@H]1CC[C@H](NC(=O)C[C@H]2CCCCN2)B(O)O1. The zero-order valence-corrected chi connectivity index (χ0v) is 24.2. The van der Waals surface area contributed by atoms with Crippen LogP contribution in [0.25, 0.3) is 0 Å². The van der Waals surface area contributed by atoms with E-state index in [9.17, 15) is 29.2 Å². The Kier molecular flexibility index (Phi) is 14.5. The van der Waals surface area contributed by atoms with E-state index in [-0.39, 0.29) is 36.7 Å². The number of amides is 2. The predicted octanol–water partition coefficient (Wildman–Crippen LogP) is -0.646. The molecule has 0 aliphatic carbocycles. The van der Waals surface area contributed by atoms with Crippen LogP contribution < -0.4 is 21.3 Å². The predicted molar refractivity (Wildman–Crippen MR) is 153 cm³/mol. The average Bonchev–Trinajstić information content (AvgIpc) is 2.93. The molecule has 4 heterocycles. The molecule has 4 aliphatic heterocycles. The lowest BCUT2D eigenvalue weighted by atomic mass is 9.72. The van der Waals surface area contributed by atoms with Gasteiger partial charge < -0.3 is 50.8 Å². The fraction of sp³-hybridized carbons (Fsp3) is 0.846. The van der Waals surface area contributed by atoms with Crippen molar-refractivity contribution in [3.63, 3.8) is 0 Å². The highest BCUT2D eigenvalue weighted by molar-refractivity contribution is 6.46. The van der Waals surface area contributed by atoms with Gasteiger partial charge in [-0.3, -0.25) is 19.2 Å². The quantitative estimate of drug-likeness (QED) is 0.148. The van der Waals surface area contributed by atoms with Crippen molar-refractivity contribution >= 4 is 38.0 Å². The monoisotopic (exact) mass is 596 g/mol. The standard InChI is InChI=1S/2C13H23BN2O5/c2*17-12(7-9-3-1-2-6-15-9)16-11-5-4-10(8-13(18)19)21-14(11)20/h2*9-11,15,20H,1-8H2,(H,16,17)(H,18,19)/t2*9-,10+,11+/m11/s1. The fourth-order valence-electron chi connectivity index (χ4n) is 5.89. The first-order chi connectivity index (χ1) is 20.1. The molecule has 42 heavy (non-hydrogen) atoms. The van der Waals surface area contributed by atoms with Crippen LogP contribution in [-0.4, -0.2) is 108 Å². The molecule has 2 amide bonds. The highest BCUT2D eigenvalue weighted by atomic mass is 16.5. The largest absolute Gasteiger partial charge is 0.481 e. The van der Waals surface area contributed by atoms with E-state index >= 15 is 0 Å². The van der Waals surface area contributed by atoms with Crippen LogP contribution in [0, 0.1) is 0 Å². The van der Waals surface area contributed by atoms with Gasteiger partial charge in [-0.2, -0.15) is 0 Å². The molecule has 0 spiro atoms. The van der Waals surface area contributed by atoms with E-state index < -0.39 is 50.3 Å². The van der Waals surface area contributed by atoms with Crippen LogP contribution in [0.15, 0.2) is 0 Å². The number of carbonyl (C=O) groups is 4. The first-order valence-electron chi connectivity index (χ1n) is 15.2. The number of piperidine rings is 2. The highest BCUT2D eigenvalue weighted by Crippen LogP contribution is 2.20. The van der Waals surface area contributed by atoms with Gasteiger partial charge in [-0.05, 0) is 64.5 Å². The van der Waals surface area contributed by atoms with Gasteiger partial charge in [0.15, 0.2) is 0 Å². The summed E-state index contributed by atoms with van der Waals surface area (Å²) in [5, 5.41) is 49.3. The van der Waals surface area contributed by atoms with Crippen LogP contribution in [0.2, 0.25) is 0 Å². The molecule has 4 saturated heterocycles. The van der Waals surface area contributed by atoms with Crippen LogP contribution in [0.3, 0.4) is 0 Å². The summed E-state index contributed by atoms with van der Waals surface area (Å²) in [6, 6.07) is 0.417. The molecule has 14 nitrogen and oxygen atoms in total. The molecule has 0 unspecified atom stereocenters. The second-order valence-corrected chi connectivity index (χ2v) is 11.7. The van der Waals surface area contributed by atoms with Gasteiger partial charge in [0, 0.05) is 24.9 Å². The number of hydrogen-bond acceptors (Lipinski definition) is 10. The Morgan fingerprint density at radius 3 is 1.33 bits per heavy atom. The summed E-state index contributed by atoms with van der Waals surface area (Å²) in [5.74, 6) is -2.99. The third-order valence-corrected chi connectivity index (χ3v) is 8.14. The molecule has 4 rings (SSSR count). The van der Waals surface area contributed by atoms with E-state index in [1.54, 1.807) is 0 Å². The van der Waals surface area contributed by atoms with E-state index in [0.29, 0.717) is 38.5 Å². The maximum Gasteiger partial charge on any atom is 0.478 e. The molecule has 0 saturated carbocycles. The van der Waals surface area contributed by atoms with Crippen molar-refractivity contribution in [1.82, 2.24) is 21.3 Å². The number of carboxylic acid groups (broad SMARTS) is 2. The Bertz CT molecular complexity index is 821. The zero-order valence-electron chi connectivity index (χ0n) is 24.2. The third kappa shape index (κ3) is 12.6. The molecule has 0 aromatic heterocycles. The lowest BCUT2D eigenvalue weighted by molar-refractivity contribution is -0.140. The van der Waals surface area contributed by atoms with E-state index in [1.165, 1.54) is 0 Å². The Balaban J connectivity index is 0.000000230. The molecule has 4 fully saturated rings. The summed E-state index contributed by atoms with van der Waals surface area (Å²) < 4.78 is 10.5. The Labute approximate surface area is 247 Å². The molecule has 16 heteroatoms. The summed E-state index contributed by atoms with van der Waals surface area (Å²) in [6.45, 7) is 1.90. The van der Waals surface area contributed by atoms with Gasteiger partial charge in [0.2, 0.25) is 11.8 Å².